The zero-order valence-corrected chi connectivity index (χ0v) is 10.8. The van der Waals surface area contributed by atoms with Crippen LogP contribution in [-0.2, 0) is 0 Å². The molecule has 0 atom stereocenters. The molecule has 0 saturated carbocycles. The number of benzene rings is 1. The number of methoxy groups -OCH3 is 1. The number of nitrogen functional groups attached to an aromatic ring is 1. The molecule has 0 aliphatic heterocycles. The molecule has 1 aromatic heterocycles. The maximum Gasteiger partial charge on any atom is 0.158 e. The first kappa shape index (κ1) is 12.9. The molecular weight excluding hydrogens is 266 g/mol. The highest BCUT2D eigenvalue weighted by atomic mass is 35.5. The van der Waals surface area contributed by atoms with Gasteiger partial charge in [0.05, 0.1) is 24.4 Å². The number of nitrogens with one attached hydrogen (secondary N) is 1. The Morgan fingerprint density at radius 2 is 2.21 bits per heavy atom. The lowest BCUT2D eigenvalue weighted by Crippen LogP contribution is -2.02. The summed E-state index contributed by atoms with van der Waals surface area (Å²) >= 11 is 5.81. The number of aromatic nitrogens is 2. The lowest BCUT2D eigenvalue weighted by molar-refractivity contribution is 0.416. The van der Waals surface area contributed by atoms with Crippen molar-refractivity contribution in [1.29, 1.82) is 5.26 Å². The van der Waals surface area contributed by atoms with Crippen molar-refractivity contribution in [2.24, 2.45) is 0 Å². The zero-order valence-electron chi connectivity index (χ0n) is 10.0. The van der Waals surface area contributed by atoms with E-state index in [1.54, 1.807) is 18.2 Å². The van der Waals surface area contributed by atoms with Crippen molar-refractivity contribution in [3.05, 3.63) is 35.2 Å². The lowest BCUT2D eigenvalue weighted by atomic mass is 10.2. The van der Waals surface area contributed by atoms with Crippen LogP contribution in [0.5, 0.6) is 5.75 Å². The molecule has 96 valence electrons. The Kier molecular flexibility index (Phi) is 3.68. The average molecular weight is 276 g/mol. The molecule has 0 amide bonds. The Hall–Kier alpha value is -2.52. The van der Waals surface area contributed by atoms with Gasteiger partial charge < -0.3 is 15.8 Å². The molecule has 1 aromatic carbocycles. The fourth-order valence-electron chi connectivity index (χ4n) is 1.47. The van der Waals surface area contributed by atoms with Gasteiger partial charge in [0.25, 0.3) is 0 Å². The lowest BCUT2D eigenvalue weighted by Gasteiger charge is -2.12. The summed E-state index contributed by atoms with van der Waals surface area (Å²) in [5, 5.41) is 12.0. The highest BCUT2D eigenvalue weighted by molar-refractivity contribution is 6.32. The Labute approximate surface area is 114 Å². The smallest absolute Gasteiger partial charge is 0.158 e. The summed E-state index contributed by atoms with van der Waals surface area (Å²) in [4.78, 5) is 7.77. The van der Waals surface area contributed by atoms with E-state index in [4.69, 9.17) is 27.3 Å². The Morgan fingerprint density at radius 1 is 1.42 bits per heavy atom. The minimum Gasteiger partial charge on any atom is -0.495 e. The van der Waals surface area contributed by atoms with Gasteiger partial charge in [0, 0.05) is 6.07 Å². The maximum atomic E-state index is 8.83. The first-order valence-corrected chi connectivity index (χ1v) is 5.64. The number of nitrogens with two attached hydrogens (primary N) is 1. The molecule has 0 fully saturated rings. The first-order chi connectivity index (χ1) is 9.15. The Morgan fingerprint density at radius 3 is 2.89 bits per heavy atom. The summed E-state index contributed by atoms with van der Waals surface area (Å²) in [5.41, 5.74) is 7.14. The van der Waals surface area contributed by atoms with Gasteiger partial charge in [0.15, 0.2) is 11.0 Å². The van der Waals surface area contributed by atoms with Crippen molar-refractivity contribution in [2.75, 3.05) is 18.2 Å². The van der Waals surface area contributed by atoms with Crippen molar-refractivity contribution >= 4 is 28.8 Å². The van der Waals surface area contributed by atoms with Crippen LogP contribution in [0.1, 0.15) is 5.56 Å². The van der Waals surface area contributed by atoms with E-state index in [0.717, 1.165) is 0 Å². The number of nitriles is 1. The summed E-state index contributed by atoms with van der Waals surface area (Å²) in [6.07, 6.45) is 1.30. The van der Waals surface area contributed by atoms with Gasteiger partial charge in [0.1, 0.15) is 17.8 Å². The molecule has 7 heteroatoms. The van der Waals surface area contributed by atoms with Crippen LogP contribution in [0.3, 0.4) is 0 Å². The summed E-state index contributed by atoms with van der Waals surface area (Å²) in [7, 11) is 1.51. The standard InChI is InChI=1S/C12H10ClN5O/c1-19-9-4-7(5-14)2-3-8(9)18-12-10(15)11(13)16-6-17-12/h2-4,6H,15H2,1H3,(H,16,17,18). The molecule has 2 rings (SSSR count). The predicted molar refractivity (Wildman–Crippen MR) is 72.4 cm³/mol. The molecule has 3 N–H and O–H groups in total. The minimum atomic E-state index is 0.171. The number of hydrogen-bond donors (Lipinski definition) is 2. The maximum absolute atomic E-state index is 8.83. The average Bonchev–Trinajstić information content (AvgIpc) is 2.44. The molecule has 0 aliphatic rings. The molecule has 0 unspecified atom stereocenters. The van der Waals surface area contributed by atoms with Crippen LogP contribution in [0, 0.1) is 11.3 Å². The van der Waals surface area contributed by atoms with Gasteiger partial charge in [-0.3, -0.25) is 0 Å². The van der Waals surface area contributed by atoms with Gasteiger partial charge in [-0.2, -0.15) is 5.26 Å². The second kappa shape index (κ2) is 5.42. The van der Waals surface area contributed by atoms with E-state index in [9.17, 15) is 0 Å². The second-order valence-electron chi connectivity index (χ2n) is 3.58. The normalized spacial score (nSPS) is 9.74. The quantitative estimate of drug-likeness (QED) is 0.835. The van der Waals surface area contributed by atoms with Crippen LogP contribution < -0.4 is 15.8 Å². The van der Waals surface area contributed by atoms with Gasteiger partial charge in [-0.1, -0.05) is 11.6 Å². The second-order valence-corrected chi connectivity index (χ2v) is 3.94. The van der Waals surface area contributed by atoms with Crippen LogP contribution in [0.2, 0.25) is 5.15 Å². The topological polar surface area (TPSA) is 96.8 Å². The van der Waals surface area contributed by atoms with E-state index in [1.165, 1.54) is 13.4 Å². The third-order valence-corrected chi connectivity index (χ3v) is 2.72. The minimum absolute atomic E-state index is 0.171. The third-order valence-electron chi connectivity index (χ3n) is 2.42. The van der Waals surface area contributed by atoms with E-state index in [0.29, 0.717) is 22.8 Å². The highest BCUT2D eigenvalue weighted by Crippen LogP contribution is 2.31. The molecule has 0 bridgehead atoms. The largest absolute Gasteiger partial charge is 0.495 e. The van der Waals surface area contributed by atoms with Crippen molar-refractivity contribution in [3.8, 4) is 11.8 Å². The molecule has 0 spiro atoms. The fourth-order valence-corrected chi connectivity index (χ4v) is 1.60. The van der Waals surface area contributed by atoms with Crippen LogP contribution in [0.25, 0.3) is 0 Å². The Balaban J connectivity index is 2.38. The van der Waals surface area contributed by atoms with Crippen molar-refractivity contribution in [1.82, 2.24) is 9.97 Å². The van der Waals surface area contributed by atoms with Crippen LogP contribution in [0.4, 0.5) is 17.2 Å². The number of anilines is 3. The number of ether oxygens (including phenoxy) is 1. The molecule has 1 heterocycles. The van der Waals surface area contributed by atoms with Crippen LogP contribution in [-0.4, -0.2) is 17.1 Å². The molecule has 0 saturated heterocycles. The molecule has 2 aromatic rings. The highest BCUT2D eigenvalue weighted by Gasteiger charge is 2.10. The number of hydrogen-bond acceptors (Lipinski definition) is 6. The first-order valence-electron chi connectivity index (χ1n) is 5.27. The van der Waals surface area contributed by atoms with Gasteiger partial charge in [-0.25, -0.2) is 9.97 Å². The number of rotatable bonds is 3. The van der Waals surface area contributed by atoms with Crippen molar-refractivity contribution in [3.63, 3.8) is 0 Å². The van der Waals surface area contributed by atoms with Crippen molar-refractivity contribution < 1.29 is 4.74 Å². The predicted octanol–water partition coefficient (Wildman–Crippen LogP) is 2.34. The van der Waals surface area contributed by atoms with Gasteiger partial charge in [-0.15, -0.1) is 0 Å². The van der Waals surface area contributed by atoms with Gasteiger partial charge >= 0.3 is 0 Å². The number of nitrogens with zero attached hydrogens (tertiary/aromatic N) is 3. The fraction of sp³-hybridized carbons (Fsp3) is 0.0833. The molecular formula is C12H10ClN5O. The van der Waals surface area contributed by atoms with E-state index in [2.05, 4.69) is 15.3 Å². The summed E-state index contributed by atoms with van der Waals surface area (Å²) in [6, 6.07) is 7.00. The SMILES string of the molecule is COc1cc(C#N)ccc1Nc1ncnc(Cl)c1N. The van der Waals surface area contributed by atoms with Crippen LogP contribution in [0.15, 0.2) is 24.5 Å². The summed E-state index contributed by atoms with van der Waals surface area (Å²) in [5.74, 6) is 0.885. The molecule has 0 aliphatic carbocycles. The Bertz CT molecular complexity index is 653. The van der Waals surface area contributed by atoms with Gasteiger partial charge in [-0.05, 0) is 12.1 Å². The monoisotopic (exact) mass is 275 g/mol. The van der Waals surface area contributed by atoms with E-state index in [-0.39, 0.29) is 10.8 Å². The molecule has 19 heavy (non-hydrogen) atoms. The third kappa shape index (κ3) is 2.67. The van der Waals surface area contributed by atoms with E-state index in [1.807, 2.05) is 6.07 Å². The molecule has 6 nitrogen and oxygen atoms in total. The van der Waals surface area contributed by atoms with Crippen molar-refractivity contribution in [2.45, 2.75) is 0 Å². The van der Waals surface area contributed by atoms with E-state index < -0.39 is 0 Å². The van der Waals surface area contributed by atoms with Crippen LogP contribution >= 0.6 is 11.6 Å². The zero-order chi connectivity index (χ0) is 13.8. The van der Waals surface area contributed by atoms with Gasteiger partial charge in [0.2, 0.25) is 0 Å². The summed E-state index contributed by atoms with van der Waals surface area (Å²) < 4.78 is 5.20. The number of halogens is 1. The van der Waals surface area contributed by atoms with E-state index >= 15 is 0 Å². The molecule has 0 radical (unpaired) electrons. The summed E-state index contributed by atoms with van der Waals surface area (Å²) in [6.45, 7) is 0.